The van der Waals surface area contributed by atoms with E-state index in [1.54, 1.807) is 30.3 Å². The molecule has 0 saturated heterocycles. The van der Waals surface area contributed by atoms with Crippen molar-refractivity contribution in [1.82, 2.24) is 0 Å². The summed E-state index contributed by atoms with van der Waals surface area (Å²) in [7, 11) is -3.58. The van der Waals surface area contributed by atoms with Crippen molar-refractivity contribution in [3.8, 4) is 0 Å². The highest BCUT2D eigenvalue weighted by Gasteiger charge is 2.14. The van der Waals surface area contributed by atoms with Crippen LogP contribution in [0.25, 0.3) is 0 Å². The summed E-state index contributed by atoms with van der Waals surface area (Å²) in [5.41, 5.74) is 2.50. The number of hydrogen-bond acceptors (Lipinski definition) is 2. The third-order valence-corrected chi connectivity index (χ3v) is 5.00. The Morgan fingerprint density at radius 3 is 2.33 bits per heavy atom. The maximum atomic E-state index is 12.3. The zero-order valence-corrected chi connectivity index (χ0v) is 13.6. The molecule has 0 saturated carbocycles. The average Bonchev–Trinajstić information content (AvgIpc) is 2.44. The molecule has 0 fully saturated rings. The molecule has 0 aliphatic rings. The minimum atomic E-state index is -3.58. The summed E-state index contributed by atoms with van der Waals surface area (Å²) in [4.78, 5) is 0.249. The minimum Gasteiger partial charge on any atom is -0.280 e. The van der Waals surface area contributed by atoms with Crippen LogP contribution < -0.4 is 4.72 Å². The SMILES string of the molecule is CCCc1ccc(S(=O)(=O)Nc2ccc(C)c(Cl)c2)cc1. The smallest absolute Gasteiger partial charge is 0.261 e. The van der Waals surface area contributed by atoms with Crippen LogP contribution in [0.4, 0.5) is 5.69 Å². The molecular weight excluding hydrogens is 306 g/mol. The molecule has 5 heteroatoms. The number of halogens is 1. The molecule has 0 radical (unpaired) electrons. The summed E-state index contributed by atoms with van der Waals surface area (Å²) in [6.07, 6.45) is 1.98. The van der Waals surface area contributed by atoms with Crippen LogP contribution in [0.1, 0.15) is 24.5 Å². The van der Waals surface area contributed by atoms with Gasteiger partial charge in [-0.05, 0) is 48.7 Å². The van der Waals surface area contributed by atoms with Gasteiger partial charge in [-0.15, -0.1) is 0 Å². The quantitative estimate of drug-likeness (QED) is 0.886. The second-order valence-corrected chi connectivity index (χ2v) is 7.05. The summed E-state index contributed by atoms with van der Waals surface area (Å²) in [5, 5.41) is 0.536. The maximum absolute atomic E-state index is 12.3. The largest absolute Gasteiger partial charge is 0.280 e. The van der Waals surface area contributed by atoms with E-state index in [0.717, 1.165) is 24.0 Å². The zero-order chi connectivity index (χ0) is 15.5. The Kier molecular flexibility index (Phi) is 4.91. The standard InChI is InChI=1S/C16H18ClNO2S/c1-3-4-13-6-9-15(10-7-13)21(19,20)18-14-8-5-12(2)16(17)11-14/h5-11,18H,3-4H2,1-2H3. The summed E-state index contributed by atoms with van der Waals surface area (Å²) in [6, 6.07) is 12.0. The van der Waals surface area contributed by atoms with Gasteiger partial charge >= 0.3 is 0 Å². The summed E-state index contributed by atoms with van der Waals surface area (Å²) < 4.78 is 27.2. The molecule has 2 aromatic rings. The Morgan fingerprint density at radius 2 is 1.76 bits per heavy atom. The van der Waals surface area contributed by atoms with E-state index in [1.807, 2.05) is 19.1 Å². The lowest BCUT2D eigenvalue weighted by Gasteiger charge is -2.10. The van der Waals surface area contributed by atoms with Gasteiger partial charge in [-0.1, -0.05) is 43.1 Å². The summed E-state index contributed by atoms with van der Waals surface area (Å²) in [6.45, 7) is 3.96. The van der Waals surface area contributed by atoms with Crippen LogP contribution in [0.2, 0.25) is 5.02 Å². The van der Waals surface area contributed by atoms with E-state index < -0.39 is 10.0 Å². The van der Waals surface area contributed by atoms with E-state index in [-0.39, 0.29) is 4.90 Å². The van der Waals surface area contributed by atoms with Gasteiger partial charge in [-0.2, -0.15) is 0 Å². The molecule has 0 unspecified atom stereocenters. The molecular formula is C16H18ClNO2S. The van der Waals surface area contributed by atoms with Gasteiger partial charge in [0.15, 0.2) is 0 Å². The number of sulfonamides is 1. The summed E-state index contributed by atoms with van der Waals surface area (Å²) in [5.74, 6) is 0. The first-order valence-corrected chi connectivity index (χ1v) is 8.66. The van der Waals surface area contributed by atoms with Crippen molar-refractivity contribution < 1.29 is 8.42 Å². The van der Waals surface area contributed by atoms with Crippen molar-refractivity contribution in [3.63, 3.8) is 0 Å². The van der Waals surface area contributed by atoms with Gasteiger partial charge in [0.2, 0.25) is 0 Å². The van der Waals surface area contributed by atoms with Crippen LogP contribution in [0.3, 0.4) is 0 Å². The van der Waals surface area contributed by atoms with Crippen LogP contribution in [0.15, 0.2) is 47.4 Å². The van der Waals surface area contributed by atoms with Gasteiger partial charge in [0, 0.05) is 5.02 Å². The first kappa shape index (κ1) is 15.9. The lowest BCUT2D eigenvalue weighted by molar-refractivity contribution is 0.601. The van der Waals surface area contributed by atoms with Gasteiger partial charge in [0.25, 0.3) is 10.0 Å². The Morgan fingerprint density at radius 1 is 1.10 bits per heavy atom. The molecule has 2 rings (SSSR count). The zero-order valence-electron chi connectivity index (χ0n) is 12.1. The van der Waals surface area contributed by atoms with Gasteiger partial charge in [-0.3, -0.25) is 4.72 Å². The lowest BCUT2D eigenvalue weighted by atomic mass is 10.1. The van der Waals surface area contributed by atoms with Crippen LogP contribution >= 0.6 is 11.6 Å². The van der Waals surface area contributed by atoms with Gasteiger partial charge in [0.1, 0.15) is 0 Å². The van der Waals surface area contributed by atoms with Crippen molar-refractivity contribution in [1.29, 1.82) is 0 Å². The molecule has 21 heavy (non-hydrogen) atoms. The Hall–Kier alpha value is -1.52. The molecule has 0 aliphatic carbocycles. The number of rotatable bonds is 5. The van der Waals surface area contributed by atoms with E-state index in [0.29, 0.717) is 10.7 Å². The number of anilines is 1. The molecule has 0 atom stereocenters. The molecule has 3 nitrogen and oxygen atoms in total. The monoisotopic (exact) mass is 323 g/mol. The molecule has 0 spiro atoms. The van der Waals surface area contributed by atoms with Gasteiger partial charge in [0.05, 0.1) is 10.6 Å². The molecule has 1 N–H and O–H groups in total. The van der Waals surface area contributed by atoms with Crippen LogP contribution in [-0.2, 0) is 16.4 Å². The molecule has 0 amide bonds. The van der Waals surface area contributed by atoms with E-state index in [9.17, 15) is 8.42 Å². The van der Waals surface area contributed by atoms with Crippen molar-refractivity contribution in [2.45, 2.75) is 31.6 Å². The minimum absolute atomic E-state index is 0.249. The van der Waals surface area contributed by atoms with Crippen molar-refractivity contribution in [2.75, 3.05) is 4.72 Å². The molecule has 0 heterocycles. The first-order valence-electron chi connectivity index (χ1n) is 6.80. The topological polar surface area (TPSA) is 46.2 Å². The third-order valence-electron chi connectivity index (χ3n) is 3.20. The number of nitrogens with one attached hydrogen (secondary N) is 1. The molecule has 112 valence electrons. The van der Waals surface area contributed by atoms with Crippen LogP contribution in [-0.4, -0.2) is 8.42 Å². The average molecular weight is 324 g/mol. The fourth-order valence-corrected chi connectivity index (χ4v) is 3.22. The van der Waals surface area contributed by atoms with Crippen LogP contribution in [0.5, 0.6) is 0 Å². The fraction of sp³-hybridized carbons (Fsp3) is 0.250. The predicted octanol–water partition coefficient (Wildman–Crippen LogP) is 4.40. The highest BCUT2D eigenvalue weighted by Crippen LogP contribution is 2.22. The normalized spacial score (nSPS) is 11.4. The number of benzene rings is 2. The highest BCUT2D eigenvalue weighted by molar-refractivity contribution is 7.92. The Balaban J connectivity index is 2.23. The fourth-order valence-electron chi connectivity index (χ4n) is 1.99. The molecule has 0 bridgehead atoms. The third kappa shape index (κ3) is 3.99. The second-order valence-electron chi connectivity index (χ2n) is 4.96. The molecule has 0 aliphatic heterocycles. The van der Waals surface area contributed by atoms with Crippen molar-refractivity contribution in [2.24, 2.45) is 0 Å². The Bertz CT molecular complexity index is 724. The lowest BCUT2D eigenvalue weighted by Crippen LogP contribution is -2.13. The van der Waals surface area contributed by atoms with Gasteiger partial charge < -0.3 is 0 Å². The van der Waals surface area contributed by atoms with Crippen molar-refractivity contribution >= 4 is 27.3 Å². The van der Waals surface area contributed by atoms with Crippen molar-refractivity contribution in [3.05, 3.63) is 58.6 Å². The van der Waals surface area contributed by atoms with E-state index in [1.165, 1.54) is 0 Å². The first-order chi connectivity index (χ1) is 9.92. The molecule has 0 aromatic heterocycles. The molecule has 2 aromatic carbocycles. The maximum Gasteiger partial charge on any atom is 0.261 e. The van der Waals surface area contributed by atoms with Gasteiger partial charge in [-0.25, -0.2) is 8.42 Å². The second kappa shape index (κ2) is 6.50. The predicted molar refractivity (Wildman–Crippen MR) is 87.4 cm³/mol. The highest BCUT2D eigenvalue weighted by atomic mass is 35.5. The number of aryl methyl sites for hydroxylation is 2. The number of hydrogen-bond donors (Lipinski definition) is 1. The van der Waals surface area contributed by atoms with Crippen LogP contribution in [0, 0.1) is 6.92 Å². The van der Waals surface area contributed by atoms with E-state index >= 15 is 0 Å². The van der Waals surface area contributed by atoms with E-state index in [4.69, 9.17) is 11.6 Å². The van der Waals surface area contributed by atoms with E-state index in [2.05, 4.69) is 11.6 Å². The summed E-state index contributed by atoms with van der Waals surface area (Å²) >= 11 is 6.01. The Labute approximate surface area is 131 Å².